The number of rotatable bonds is 8. The molecule has 0 bridgehead atoms. The molecule has 0 spiro atoms. The molecule has 31 heavy (non-hydrogen) atoms. The van der Waals surface area contributed by atoms with Crippen LogP contribution in [0, 0.1) is 5.82 Å². The summed E-state index contributed by atoms with van der Waals surface area (Å²) in [7, 11) is 0. The van der Waals surface area contributed by atoms with Crippen LogP contribution in [-0.2, 0) is 16.0 Å². The molecule has 2 saturated heterocycles. The van der Waals surface area contributed by atoms with Gasteiger partial charge in [-0.05, 0) is 63.6 Å². The number of halogens is 2. The second-order valence-corrected chi connectivity index (χ2v) is 7.88. The minimum absolute atomic E-state index is 0. The van der Waals surface area contributed by atoms with Crippen LogP contribution in [0.5, 0.6) is 5.75 Å². The van der Waals surface area contributed by atoms with Crippen molar-refractivity contribution in [2.75, 3.05) is 39.5 Å². The third-order valence-electron chi connectivity index (χ3n) is 5.58. The Morgan fingerprint density at radius 3 is 2.68 bits per heavy atom. The van der Waals surface area contributed by atoms with Crippen LogP contribution < -0.4 is 10.1 Å². The van der Waals surface area contributed by atoms with Crippen LogP contribution in [0.15, 0.2) is 23.2 Å². The Labute approximate surface area is 202 Å². The van der Waals surface area contributed by atoms with Crippen molar-refractivity contribution >= 4 is 29.9 Å². The van der Waals surface area contributed by atoms with Crippen molar-refractivity contribution in [3.63, 3.8) is 0 Å². The molecular formula is C23H37FIN3O3. The topological polar surface area (TPSA) is 55.3 Å². The summed E-state index contributed by atoms with van der Waals surface area (Å²) in [4.78, 5) is 7.00. The molecule has 1 unspecified atom stereocenters. The van der Waals surface area contributed by atoms with Gasteiger partial charge in [-0.1, -0.05) is 6.07 Å². The molecule has 2 aliphatic heterocycles. The number of guanidine groups is 1. The Morgan fingerprint density at radius 1 is 1.23 bits per heavy atom. The molecule has 2 aliphatic rings. The van der Waals surface area contributed by atoms with Gasteiger partial charge in [-0.25, -0.2) is 9.38 Å². The first kappa shape index (κ1) is 26.1. The largest absolute Gasteiger partial charge is 0.491 e. The van der Waals surface area contributed by atoms with Crippen molar-refractivity contribution in [1.29, 1.82) is 0 Å². The highest BCUT2D eigenvalue weighted by Crippen LogP contribution is 2.20. The molecule has 1 atom stereocenters. The molecule has 1 aromatic carbocycles. The number of ether oxygens (including phenoxy) is 3. The molecule has 0 radical (unpaired) electrons. The fourth-order valence-corrected chi connectivity index (χ4v) is 3.92. The summed E-state index contributed by atoms with van der Waals surface area (Å²) in [6, 6.07) is 5.05. The van der Waals surface area contributed by atoms with E-state index in [2.05, 4.69) is 17.1 Å². The first-order chi connectivity index (χ1) is 14.7. The van der Waals surface area contributed by atoms with Gasteiger partial charge >= 0.3 is 0 Å². The molecule has 1 N–H and O–H groups in total. The number of nitrogens with one attached hydrogen (secondary N) is 1. The van der Waals surface area contributed by atoms with Gasteiger partial charge in [-0.15, -0.1) is 24.0 Å². The zero-order chi connectivity index (χ0) is 21.2. The molecule has 176 valence electrons. The zero-order valence-electron chi connectivity index (χ0n) is 18.8. The molecule has 0 aliphatic carbocycles. The molecule has 0 saturated carbocycles. The standard InChI is InChI=1S/C23H36FN3O3.HI/c1-3-25-23(26-16-18-8-9-22(28-4-2)21(24)15-18)27-12-10-19(11-13-27)30-17-20-7-5-6-14-29-20;/h8-9,15,19-20H,3-7,10-14,16-17H2,1-2H3,(H,25,26);1H. The van der Waals surface area contributed by atoms with Crippen molar-refractivity contribution in [2.45, 2.75) is 64.7 Å². The van der Waals surface area contributed by atoms with Gasteiger partial charge in [0.25, 0.3) is 0 Å². The van der Waals surface area contributed by atoms with Crippen LogP contribution in [0.25, 0.3) is 0 Å². The quantitative estimate of drug-likeness (QED) is 0.297. The lowest BCUT2D eigenvalue weighted by Gasteiger charge is -2.35. The molecule has 6 nitrogen and oxygen atoms in total. The lowest BCUT2D eigenvalue weighted by atomic mass is 10.1. The lowest BCUT2D eigenvalue weighted by Crippen LogP contribution is -2.47. The van der Waals surface area contributed by atoms with E-state index in [1.165, 1.54) is 18.9 Å². The summed E-state index contributed by atoms with van der Waals surface area (Å²) < 4.78 is 31.2. The van der Waals surface area contributed by atoms with E-state index in [1.807, 2.05) is 13.0 Å². The Kier molecular flexibility index (Phi) is 11.9. The summed E-state index contributed by atoms with van der Waals surface area (Å²) in [5.74, 6) is 0.827. The van der Waals surface area contributed by atoms with Crippen LogP contribution >= 0.6 is 24.0 Å². The molecule has 1 aromatic rings. The average Bonchev–Trinajstić information content (AvgIpc) is 2.78. The average molecular weight is 549 g/mol. The Morgan fingerprint density at radius 2 is 2.03 bits per heavy atom. The van der Waals surface area contributed by atoms with E-state index in [9.17, 15) is 4.39 Å². The van der Waals surface area contributed by atoms with E-state index in [0.29, 0.717) is 19.8 Å². The number of hydrogen-bond acceptors (Lipinski definition) is 4. The van der Waals surface area contributed by atoms with Crippen molar-refractivity contribution in [1.82, 2.24) is 10.2 Å². The maximum Gasteiger partial charge on any atom is 0.194 e. The third-order valence-corrected chi connectivity index (χ3v) is 5.58. The maximum atomic E-state index is 14.1. The SMILES string of the molecule is CCNC(=NCc1ccc(OCC)c(F)c1)N1CCC(OCC2CCCCO2)CC1.I. The molecule has 0 amide bonds. The first-order valence-electron chi connectivity index (χ1n) is 11.4. The van der Waals surface area contributed by atoms with E-state index in [-0.39, 0.29) is 47.8 Å². The van der Waals surface area contributed by atoms with E-state index in [4.69, 9.17) is 19.2 Å². The van der Waals surface area contributed by atoms with Gasteiger partial charge in [0, 0.05) is 26.2 Å². The molecule has 3 rings (SSSR count). The number of piperidine rings is 1. The highest BCUT2D eigenvalue weighted by molar-refractivity contribution is 14.0. The number of aliphatic imine (C=N–C) groups is 1. The van der Waals surface area contributed by atoms with E-state index in [0.717, 1.165) is 57.0 Å². The summed E-state index contributed by atoms with van der Waals surface area (Å²) in [5, 5.41) is 3.36. The van der Waals surface area contributed by atoms with Gasteiger partial charge in [-0.3, -0.25) is 0 Å². The Hall–Kier alpha value is -1.13. The van der Waals surface area contributed by atoms with Crippen LogP contribution in [0.1, 0.15) is 51.5 Å². The minimum Gasteiger partial charge on any atom is -0.491 e. The summed E-state index contributed by atoms with van der Waals surface area (Å²) in [5.41, 5.74) is 0.831. The van der Waals surface area contributed by atoms with Gasteiger partial charge in [0.05, 0.1) is 32.0 Å². The highest BCUT2D eigenvalue weighted by atomic mass is 127. The van der Waals surface area contributed by atoms with Gasteiger partial charge in [0.1, 0.15) is 0 Å². The third kappa shape index (κ3) is 8.38. The van der Waals surface area contributed by atoms with Gasteiger partial charge < -0.3 is 24.4 Å². The first-order valence-corrected chi connectivity index (χ1v) is 11.4. The van der Waals surface area contributed by atoms with Crippen LogP contribution in [0.2, 0.25) is 0 Å². The van der Waals surface area contributed by atoms with Crippen LogP contribution in [-0.4, -0.2) is 62.5 Å². The number of benzene rings is 1. The minimum atomic E-state index is -0.338. The normalized spacial score (nSPS) is 20.3. The van der Waals surface area contributed by atoms with E-state index in [1.54, 1.807) is 6.07 Å². The Bertz CT molecular complexity index is 678. The predicted octanol–water partition coefficient (Wildman–Crippen LogP) is 4.36. The maximum absolute atomic E-state index is 14.1. The smallest absolute Gasteiger partial charge is 0.194 e. The van der Waals surface area contributed by atoms with Gasteiger partial charge in [0.15, 0.2) is 17.5 Å². The molecular weight excluding hydrogens is 512 g/mol. The van der Waals surface area contributed by atoms with Crippen molar-refractivity contribution in [2.24, 2.45) is 4.99 Å². The Balaban J connectivity index is 0.00000341. The van der Waals surface area contributed by atoms with Crippen molar-refractivity contribution < 1.29 is 18.6 Å². The molecule has 2 fully saturated rings. The second kappa shape index (κ2) is 14.1. The van der Waals surface area contributed by atoms with Gasteiger partial charge in [0.2, 0.25) is 0 Å². The second-order valence-electron chi connectivity index (χ2n) is 7.88. The van der Waals surface area contributed by atoms with Crippen LogP contribution in [0.3, 0.4) is 0 Å². The predicted molar refractivity (Wildman–Crippen MR) is 132 cm³/mol. The van der Waals surface area contributed by atoms with Crippen molar-refractivity contribution in [3.05, 3.63) is 29.6 Å². The summed E-state index contributed by atoms with van der Waals surface area (Å²) in [6.45, 7) is 8.97. The molecule has 8 heteroatoms. The van der Waals surface area contributed by atoms with Crippen LogP contribution in [0.4, 0.5) is 4.39 Å². The monoisotopic (exact) mass is 549 g/mol. The fraction of sp³-hybridized carbons (Fsp3) is 0.696. The number of nitrogens with zero attached hydrogens (tertiary/aromatic N) is 2. The number of hydrogen-bond donors (Lipinski definition) is 1. The zero-order valence-corrected chi connectivity index (χ0v) is 21.1. The summed E-state index contributed by atoms with van der Waals surface area (Å²) >= 11 is 0. The highest BCUT2D eigenvalue weighted by Gasteiger charge is 2.23. The number of likely N-dealkylation sites (tertiary alicyclic amines) is 1. The molecule has 0 aromatic heterocycles. The van der Waals surface area contributed by atoms with Crippen molar-refractivity contribution in [3.8, 4) is 5.75 Å². The molecule has 2 heterocycles. The van der Waals surface area contributed by atoms with E-state index >= 15 is 0 Å². The lowest BCUT2D eigenvalue weighted by molar-refractivity contribution is -0.0721. The fourth-order valence-electron chi connectivity index (χ4n) is 3.92. The van der Waals surface area contributed by atoms with Gasteiger partial charge in [-0.2, -0.15) is 0 Å². The summed E-state index contributed by atoms with van der Waals surface area (Å²) in [6.07, 6.45) is 6.05. The van der Waals surface area contributed by atoms with E-state index < -0.39 is 0 Å².